The highest BCUT2D eigenvalue weighted by Crippen LogP contribution is 2.27. The zero-order chi connectivity index (χ0) is 11.4. The van der Waals surface area contributed by atoms with Gasteiger partial charge < -0.3 is 9.84 Å². The van der Waals surface area contributed by atoms with Gasteiger partial charge in [-0.3, -0.25) is 9.59 Å². The van der Waals surface area contributed by atoms with Gasteiger partial charge in [0.15, 0.2) is 0 Å². The zero-order valence-corrected chi connectivity index (χ0v) is 9.16. The molecule has 4 nitrogen and oxygen atoms in total. The average molecular weight is 202 g/mol. The molecule has 0 aliphatic rings. The molecule has 0 bridgehead atoms. The van der Waals surface area contributed by atoms with Gasteiger partial charge in [0.25, 0.3) is 0 Å². The van der Waals surface area contributed by atoms with Gasteiger partial charge in [-0.25, -0.2) is 0 Å². The number of rotatable bonds is 4. The number of ether oxygens (including phenoxy) is 1. The fraction of sp³-hybridized carbons (Fsp3) is 0.800. The van der Waals surface area contributed by atoms with Gasteiger partial charge in [0, 0.05) is 0 Å². The number of methoxy groups -OCH3 is 1. The Balaban J connectivity index is 4.40. The molecule has 4 heteroatoms. The summed E-state index contributed by atoms with van der Waals surface area (Å²) in [6, 6.07) is 0. The van der Waals surface area contributed by atoms with Crippen molar-refractivity contribution >= 4 is 11.9 Å². The lowest BCUT2D eigenvalue weighted by atomic mass is 9.83. The van der Waals surface area contributed by atoms with E-state index in [2.05, 4.69) is 4.74 Å². The van der Waals surface area contributed by atoms with E-state index in [0.717, 1.165) is 0 Å². The highest BCUT2D eigenvalue weighted by atomic mass is 16.5. The summed E-state index contributed by atoms with van der Waals surface area (Å²) >= 11 is 0. The van der Waals surface area contributed by atoms with Crippen LogP contribution in [0, 0.1) is 11.3 Å². The maximum absolute atomic E-state index is 11.2. The lowest BCUT2D eigenvalue weighted by Crippen LogP contribution is -2.24. The molecular formula is C10H18O4. The molecule has 0 saturated heterocycles. The largest absolute Gasteiger partial charge is 0.481 e. The molecule has 0 fully saturated rings. The molecule has 0 amide bonds. The summed E-state index contributed by atoms with van der Waals surface area (Å²) in [5.41, 5.74) is -0.0751. The van der Waals surface area contributed by atoms with Crippen LogP contribution in [0.15, 0.2) is 0 Å². The van der Waals surface area contributed by atoms with Crippen LogP contribution >= 0.6 is 0 Å². The van der Waals surface area contributed by atoms with E-state index in [1.807, 2.05) is 20.8 Å². The van der Waals surface area contributed by atoms with Crippen LogP contribution in [0.2, 0.25) is 0 Å². The van der Waals surface area contributed by atoms with E-state index in [0.29, 0.717) is 6.42 Å². The Morgan fingerprint density at radius 2 is 1.86 bits per heavy atom. The number of carboxylic acid groups (broad SMARTS) is 1. The van der Waals surface area contributed by atoms with Crippen molar-refractivity contribution in [2.24, 2.45) is 11.3 Å². The van der Waals surface area contributed by atoms with Gasteiger partial charge in [0.05, 0.1) is 19.4 Å². The first kappa shape index (κ1) is 12.9. The van der Waals surface area contributed by atoms with Crippen molar-refractivity contribution in [1.29, 1.82) is 0 Å². The van der Waals surface area contributed by atoms with E-state index in [1.165, 1.54) is 7.11 Å². The first-order valence-corrected chi connectivity index (χ1v) is 4.56. The van der Waals surface area contributed by atoms with Gasteiger partial charge in [-0.2, -0.15) is 0 Å². The van der Waals surface area contributed by atoms with Gasteiger partial charge in [0.1, 0.15) is 0 Å². The van der Waals surface area contributed by atoms with Gasteiger partial charge in [-0.05, 0) is 11.8 Å². The predicted octanol–water partition coefficient (Wildman–Crippen LogP) is 1.69. The molecule has 0 aromatic rings. The third-order valence-corrected chi connectivity index (χ3v) is 1.81. The highest BCUT2D eigenvalue weighted by Gasteiger charge is 2.27. The minimum absolute atomic E-state index is 0.0751. The predicted molar refractivity (Wildman–Crippen MR) is 51.8 cm³/mol. The van der Waals surface area contributed by atoms with E-state index in [1.54, 1.807) is 0 Å². The number of aliphatic carboxylic acids is 1. The normalized spacial score (nSPS) is 13.4. The van der Waals surface area contributed by atoms with Crippen molar-refractivity contribution in [3.8, 4) is 0 Å². The Bertz CT molecular complexity index is 215. The molecular weight excluding hydrogens is 184 g/mol. The quantitative estimate of drug-likeness (QED) is 0.704. The fourth-order valence-corrected chi connectivity index (χ4v) is 1.36. The molecule has 0 aromatic heterocycles. The molecule has 82 valence electrons. The maximum Gasteiger partial charge on any atom is 0.309 e. The Morgan fingerprint density at radius 3 is 2.14 bits per heavy atom. The minimum Gasteiger partial charge on any atom is -0.481 e. The third-order valence-electron chi connectivity index (χ3n) is 1.81. The SMILES string of the molecule is COC(=O)C(CC(=O)O)CC(C)(C)C. The van der Waals surface area contributed by atoms with Crippen molar-refractivity contribution in [2.45, 2.75) is 33.6 Å². The fourth-order valence-electron chi connectivity index (χ4n) is 1.36. The van der Waals surface area contributed by atoms with Crippen LogP contribution in [0.4, 0.5) is 0 Å². The van der Waals surface area contributed by atoms with Gasteiger partial charge in [-0.15, -0.1) is 0 Å². The Labute approximate surface area is 84.3 Å². The monoisotopic (exact) mass is 202 g/mol. The molecule has 1 N–H and O–H groups in total. The number of carboxylic acids is 1. The zero-order valence-electron chi connectivity index (χ0n) is 9.16. The molecule has 0 radical (unpaired) electrons. The van der Waals surface area contributed by atoms with E-state index < -0.39 is 17.9 Å². The second-order valence-corrected chi connectivity index (χ2v) is 4.58. The topological polar surface area (TPSA) is 63.6 Å². The molecule has 14 heavy (non-hydrogen) atoms. The van der Waals surface area contributed by atoms with Gasteiger partial charge >= 0.3 is 11.9 Å². The maximum atomic E-state index is 11.2. The Hall–Kier alpha value is -1.06. The van der Waals surface area contributed by atoms with Gasteiger partial charge in [-0.1, -0.05) is 20.8 Å². The van der Waals surface area contributed by atoms with Crippen molar-refractivity contribution in [3.63, 3.8) is 0 Å². The van der Waals surface area contributed by atoms with Crippen LogP contribution in [0.25, 0.3) is 0 Å². The summed E-state index contributed by atoms with van der Waals surface area (Å²) in [6.45, 7) is 5.89. The Kier molecular flexibility index (Phi) is 4.60. The Morgan fingerprint density at radius 1 is 1.36 bits per heavy atom. The standard InChI is InChI=1S/C10H18O4/c1-10(2,3)6-7(5-8(11)12)9(13)14-4/h7H,5-6H2,1-4H3,(H,11,12). The van der Waals surface area contributed by atoms with Crippen LogP contribution < -0.4 is 0 Å². The van der Waals surface area contributed by atoms with Crippen LogP contribution in [-0.4, -0.2) is 24.2 Å². The smallest absolute Gasteiger partial charge is 0.309 e. The summed E-state index contributed by atoms with van der Waals surface area (Å²) in [4.78, 5) is 21.7. The molecule has 0 spiro atoms. The van der Waals surface area contributed by atoms with E-state index in [9.17, 15) is 9.59 Å². The lowest BCUT2D eigenvalue weighted by molar-refractivity contribution is -0.151. The molecule has 0 aliphatic heterocycles. The summed E-state index contributed by atoms with van der Waals surface area (Å²) in [7, 11) is 1.28. The molecule has 0 saturated carbocycles. The van der Waals surface area contributed by atoms with Crippen molar-refractivity contribution in [1.82, 2.24) is 0 Å². The molecule has 0 rings (SSSR count). The van der Waals surface area contributed by atoms with E-state index in [4.69, 9.17) is 5.11 Å². The molecule has 1 atom stereocenters. The number of hydrogen-bond donors (Lipinski definition) is 1. The van der Waals surface area contributed by atoms with E-state index in [-0.39, 0.29) is 11.8 Å². The third kappa shape index (κ3) is 5.56. The summed E-state index contributed by atoms with van der Waals surface area (Å²) in [5, 5.41) is 8.62. The molecule has 0 aliphatic carbocycles. The average Bonchev–Trinajstić information content (AvgIpc) is 1.98. The second kappa shape index (κ2) is 4.98. The summed E-state index contributed by atoms with van der Waals surface area (Å²) in [6.07, 6.45) is 0.357. The molecule has 0 heterocycles. The first-order valence-electron chi connectivity index (χ1n) is 4.56. The lowest BCUT2D eigenvalue weighted by Gasteiger charge is -2.23. The number of carbonyl (C=O) groups excluding carboxylic acids is 1. The number of hydrogen-bond acceptors (Lipinski definition) is 3. The van der Waals surface area contributed by atoms with E-state index >= 15 is 0 Å². The van der Waals surface area contributed by atoms with Crippen LogP contribution in [0.1, 0.15) is 33.6 Å². The summed E-state index contributed by atoms with van der Waals surface area (Å²) < 4.78 is 4.56. The van der Waals surface area contributed by atoms with Crippen LogP contribution in [0.3, 0.4) is 0 Å². The van der Waals surface area contributed by atoms with Crippen LogP contribution in [-0.2, 0) is 14.3 Å². The number of esters is 1. The van der Waals surface area contributed by atoms with Crippen LogP contribution in [0.5, 0.6) is 0 Å². The van der Waals surface area contributed by atoms with Crippen molar-refractivity contribution in [2.75, 3.05) is 7.11 Å². The summed E-state index contributed by atoms with van der Waals surface area (Å²) in [5.74, 6) is -1.95. The van der Waals surface area contributed by atoms with Crippen molar-refractivity contribution in [3.05, 3.63) is 0 Å². The van der Waals surface area contributed by atoms with Gasteiger partial charge in [0.2, 0.25) is 0 Å². The second-order valence-electron chi connectivity index (χ2n) is 4.58. The van der Waals surface area contributed by atoms with Crippen molar-refractivity contribution < 1.29 is 19.4 Å². The molecule has 1 unspecified atom stereocenters. The number of carbonyl (C=O) groups is 2. The first-order chi connectivity index (χ1) is 6.26. The highest BCUT2D eigenvalue weighted by molar-refractivity contribution is 5.78. The minimum atomic E-state index is -0.968. The molecule has 0 aromatic carbocycles.